The number of alkyl halides is 3. The van der Waals surface area contributed by atoms with Gasteiger partial charge in [-0.1, -0.05) is 41.5 Å². The van der Waals surface area contributed by atoms with Gasteiger partial charge in [-0.25, -0.2) is 0 Å². The molecule has 0 aromatic heterocycles. The molecule has 146 valence electrons. The topological polar surface area (TPSA) is 54.4 Å². The van der Waals surface area contributed by atoms with Crippen molar-refractivity contribution in [2.45, 2.75) is 40.1 Å². The molecule has 3 nitrogen and oxygen atoms in total. The molecule has 2 rings (SSSR count). The Labute approximate surface area is 169 Å². The Morgan fingerprint density at radius 3 is 1.62 bits per heavy atom. The van der Waals surface area contributed by atoms with E-state index in [1.807, 2.05) is 0 Å². The number of hydrogen-bond acceptors (Lipinski definition) is 2. The predicted octanol–water partition coefficient (Wildman–Crippen LogP) is 5.91. The minimum atomic E-state index is -5.84. The Morgan fingerprint density at radius 1 is 0.808 bits per heavy atom. The Bertz CT molecular complexity index is 853. The zero-order valence-corrected chi connectivity index (χ0v) is 18.2. The summed E-state index contributed by atoms with van der Waals surface area (Å²) in [5.74, 6) is 0. The smallest absolute Gasteiger partial charge is 0.279 e. The van der Waals surface area contributed by atoms with Gasteiger partial charge in [-0.15, -0.1) is 24.0 Å². The first-order valence-electron chi connectivity index (χ1n) is 7.43. The van der Waals surface area contributed by atoms with Crippen LogP contribution in [0.5, 0.6) is 0 Å². The summed E-state index contributed by atoms with van der Waals surface area (Å²) in [5, 5.41) is 0. The van der Waals surface area contributed by atoms with Crippen LogP contribution in [0.15, 0.2) is 30.3 Å². The van der Waals surface area contributed by atoms with Crippen molar-refractivity contribution in [1.82, 2.24) is 0 Å². The van der Waals surface area contributed by atoms with Crippen molar-refractivity contribution >= 4 is 34.1 Å². The predicted molar refractivity (Wildman–Crippen MR) is 109 cm³/mol. The molecule has 0 saturated heterocycles. The molecular weight excluding hydrogens is 480 g/mol. The molecule has 0 fully saturated rings. The maximum absolute atomic E-state index is 10.7. The SMILES string of the molecule is Cc1cc(C)c(-c2cc(C)ccc2C)c(C)c1.I.O=S(=O)(O)C(F)(F)F. The first kappa shape index (κ1) is 24.9. The van der Waals surface area contributed by atoms with Gasteiger partial charge in [0, 0.05) is 0 Å². The number of benzene rings is 2. The molecule has 2 aromatic carbocycles. The van der Waals surface area contributed by atoms with Crippen molar-refractivity contribution in [2.24, 2.45) is 0 Å². The van der Waals surface area contributed by atoms with Gasteiger partial charge in [0.15, 0.2) is 0 Å². The average molecular weight is 502 g/mol. The summed E-state index contributed by atoms with van der Waals surface area (Å²) in [7, 11) is -5.84. The number of aryl methyl sites for hydroxylation is 5. The molecule has 0 unspecified atom stereocenters. The molecule has 0 amide bonds. The maximum Gasteiger partial charge on any atom is 0.522 e. The van der Waals surface area contributed by atoms with Gasteiger partial charge in [0.05, 0.1) is 0 Å². The minimum Gasteiger partial charge on any atom is -0.279 e. The van der Waals surface area contributed by atoms with E-state index in [4.69, 9.17) is 13.0 Å². The van der Waals surface area contributed by atoms with Gasteiger partial charge in [0.1, 0.15) is 0 Å². The van der Waals surface area contributed by atoms with Crippen LogP contribution in [-0.4, -0.2) is 18.5 Å². The van der Waals surface area contributed by atoms with Crippen LogP contribution in [0, 0.1) is 34.6 Å². The zero-order valence-electron chi connectivity index (χ0n) is 15.1. The van der Waals surface area contributed by atoms with Crippen molar-refractivity contribution in [3.05, 3.63) is 58.1 Å². The molecule has 0 aliphatic carbocycles. The molecule has 0 atom stereocenters. The fourth-order valence-corrected chi connectivity index (χ4v) is 2.61. The van der Waals surface area contributed by atoms with Crippen LogP contribution in [0.4, 0.5) is 13.2 Å². The fourth-order valence-electron chi connectivity index (χ4n) is 2.61. The second kappa shape index (κ2) is 9.18. The lowest BCUT2D eigenvalue weighted by Gasteiger charge is -2.14. The van der Waals surface area contributed by atoms with Crippen molar-refractivity contribution < 1.29 is 26.1 Å². The average Bonchev–Trinajstić information content (AvgIpc) is 2.40. The first-order valence-corrected chi connectivity index (χ1v) is 8.87. The van der Waals surface area contributed by atoms with E-state index in [0.29, 0.717) is 0 Å². The second-order valence-electron chi connectivity index (χ2n) is 6.01. The summed E-state index contributed by atoms with van der Waals surface area (Å²) < 4.78 is 57.5. The van der Waals surface area contributed by atoms with E-state index in [9.17, 15) is 13.2 Å². The Morgan fingerprint density at radius 2 is 1.23 bits per heavy atom. The highest BCUT2D eigenvalue weighted by atomic mass is 127. The van der Waals surface area contributed by atoms with Crippen LogP contribution in [0.25, 0.3) is 11.1 Å². The van der Waals surface area contributed by atoms with E-state index in [0.717, 1.165) is 0 Å². The highest BCUT2D eigenvalue weighted by Gasteiger charge is 2.44. The van der Waals surface area contributed by atoms with Gasteiger partial charge >= 0.3 is 15.6 Å². The molecule has 8 heteroatoms. The number of rotatable bonds is 1. The van der Waals surface area contributed by atoms with E-state index in [2.05, 4.69) is 65.0 Å². The molecule has 26 heavy (non-hydrogen) atoms. The summed E-state index contributed by atoms with van der Waals surface area (Å²) in [6.45, 7) is 10.9. The fraction of sp³-hybridized carbons (Fsp3) is 0.333. The zero-order chi connectivity index (χ0) is 19.6. The summed E-state index contributed by atoms with van der Waals surface area (Å²) >= 11 is 0. The standard InChI is InChI=1S/C17H20.CHF3O3S.HI/c1-11-6-7-13(3)16(10-11)17-14(4)8-12(2)9-15(17)5;2-1(3,4)8(5,6)7;/h6-10H,1-5H3;(H,5,6,7);1H. The van der Waals surface area contributed by atoms with Gasteiger partial charge in [0.25, 0.3) is 0 Å². The Balaban J connectivity index is 0.000000597. The normalized spacial score (nSPS) is 11.3. The molecule has 2 aromatic rings. The molecule has 1 N–H and O–H groups in total. The molecule has 0 aliphatic heterocycles. The Kier molecular flexibility index (Phi) is 8.78. The second-order valence-corrected chi connectivity index (χ2v) is 7.43. The van der Waals surface area contributed by atoms with Gasteiger partial charge in [-0.05, 0) is 62.4 Å². The maximum atomic E-state index is 10.7. The highest BCUT2D eigenvalue weighted by Crippen LogP contribution is 2.31. The summed E-state index contributed by atoms with van der Waals surface area (Å²) in [6.07, 6.45) is 0. The van der Waals surface area contributed by atoms with Crippen molar-refractivity contribution in [2.75, 3.05) is 0 Å². The van der Waals surface area contributed by atoms with E-state index >= 15 is 0 Å². The summed E-state index contributed by atoms with van der Waals surface area (Å²) in [6, 6.07) is 11.2. The van der Waals surface area contributed by atoms with Gasteiger partial charge in [-0.2, -0.15) is 21.6 Å². The Hall–Kier alpha value is -1.13. The molecule has 0 bridgehead atoms. The van der Waals surface area contributed by atoms with Gasteiger partial charge in [0.2, 0.25) is 0 Å². The van der Waals surface area contributed by atoms with Crippen LogP contribution in [0.3, 0.4) is 0 Å². The molecule has 0 saturated carbocycles. The van der Waals surface area contributed by atoms with Crippen LogP contribution in [-0.2, 0) is 10.1 Å². The van der Waals surface area contributed by atoms with Gasteiger partial charge in [-0.3, -0.25) is 4.55 Å². The monoisotopic (exact) mass is 502 g/mol. The van der Waals surface area contributed by atoms with Crippen LogP contribution in [0.1, 0.15) is 27.8 Å². The number of halogens is 4. The van der Waals surface area contributed by atoms with Crippen molar-refractivity contribution in [1.29, 1.82) is 0 Å². The molecule has 0 spiro atoms. The van der Waals surface area contributed by atoms with Gasteiger partial charge < -0.3 is 0 Å². The lowest BCUT2D eigenvalue weighted by molar-refractivity contribution is -0.0510. The highest BCUT2D eigenvalue weighted by molar-refractivity contribution is 14.0. The lowest BCUT2D eigenvalue weighted by Crippen LogP contribution is -2.21. The van der Waals surface area contributed by atoms with Crippen LogP contribution < -0.4 is 0 Å². The van der Waals surface area contributed by atoms with E-state index < -0.39 is 15.6 Å². The molecule has 0 aliphatic rings. The minimum absolute atomic E-state index is 0. The largest absolute Gasteiger partial charge is 0.522 e. The van der Waals surface area contributed by atoms with Crippen LogP contribution >= 0.6 is 24.0 Å². The lowest BCUT2D eigenvalue weighted by atomic mass is 9.90. The van der Waals surface area contributed by atoms with E-state index in [1.165, 1.54) is 38.9 Å². The quantitative estimate of drug-likeness (QED) is 0.300. The molecule has 0 heterocycles. The molecular formula is C18H22F3IO3S. The van der Waals surface area contributed by atoms with E-state index in [1.54, 1.807) is 0 Å². The third-order valence-corrected chi connectivity index (χ3v) is 4.22. The number of hydrogen-bond donors (Lipinski definition) is 1. The third-order valence-electron chi connectivity index (χ3n) is 3.63. The summed E-state index contributed by atoms with van der Waals surface area (Å²) in [4.78, 5) is 0. The van der Waals surface area contributed by atoms with Crippen LogP contribution in [0.2, 0.25) is 0 Å². The van der Waals surface area contributed by atoms with Crippen molar-refractivity contribution in [3.63, 3.8) is 0 Å². The summed E-state index contributed by atoms with van der Waals surface area (Å²) in [5.41, 5.74) is 4.00. The molecule has 0 radical (unpaired) electrons. The first-order chi connectivity index (χ1) is 11.2. The van der Waals surface area contributed by atoms with E-state index in [-0.39, 0.29) is 24.0 Å². The van der Waals surface area contributed by atoms with Crippen molar-refractivity contribution in [3.8, 4) is 11.1 Å². The third kappa shape index (κ3) is 6.55.